The van der Waals surface area contributed by atoms with Crippen LogP contribution in [0.2, 0.25) is 0 Å². The Bertz CT molecular complexity index is 37.0. The van der Waals surface area contributed by atoms with Crippen molar-refractivity contribution in [1.29, 1.82) is 0 Å². The summed E-state index contributed by atoms with van der Waals surface area (Å²) in [6, 6.07) is 0. The molecule has 0 saturated carbocycles. The van der Waals surface area contributed by atoms with E-state index < -0.39 is 0 Å². The fourth-order valence-corrected chi connectivity index (χ4v) is 0.604. The van der Waals surface area contributed by atoms with E-state index in [1.165, 1.54) is 25.7 Å². The van der Waals surface area contributed by atoms with Gasteiger partial charge in [0.05, 0.1) is 6.54 Å². The molecule has 0 bridgehead atoms. The molecule has 0 atom stereocenters. The molecule has 0 aromatic carbocycles. The van der Waals surface area contributed by atoms with Gasteiger partial charge in [0.25, 0.3) is 0 Å². The maximum absolute atomic E-state index is 3.76. The summed E-state index contributed by atoms with van der Waals surface area (Å²) in [5.41, 5.74) is 3.76. The van der Waals surface area contributed by atoms with Crippen molar-refractivity contribution in [3.8, 4) is 0 Å². The molecule has 0 heterocycles. The van der Waals surface area contributed by atoms with Gasteiger partial charge < -0.3 is 56.7 Å². The van der Waals surface area contributed by atoms with E-state index in [1.807, 2.05) is 0 Å². The van der Waals surface area contributed by atoms with E-state index in [4.69, 9.17) is 0 Å². The number of hydrogen-bond donors (Lipinski definition) is 1. The zero-order valence-electron chi connectivity index (χ0n) is 6.69. The van der Waals surface area contributed by atoms with Crippen LogP contribution in [0, 0.1) is 0 Å². The normalized spacial score (nSPS) is 6.00. The molecule has 1 nitrogen and oxygen atoms in total. The minimum atomic E-state index is 0. The van der Waals surface area contributed by atoms with E-state index in [9.17, 15) is 0 Å². The first-order valence-corrected chi connectivity index (χ1v) is 3.21. The largest absolute Gasteiger partial charge is 2.00 e. The molecule has 76 valence electrons. The van der Waals surface area contributed by atoms with Crippen molar-refractivity contribution in [3.05, 3.63) is 0 Å². The molecule has 0 spiro atoms. The summed E-state index contributed by atoms with van der Waals surface area (Å²) in [5.74, 6) is 0. The van der Waals surface area contributed by atoms with Crippen molar-refractivity contribution in [3.63, 3.8) is 0 Å². The van der Waals surface area contributed by atoms with Gasteiger partial charge in [0.2, 0.25) is 0 Å². The van der Waals surface area contributed by atoms with Crippen LogP contribution in [0.15, 0.2) is 0 Å². The summed E-state index contributed by atoms with van der Waals surface area (Å²) in [6.45, 7) is 3.34. The van der Waals surface area contributed by atoms with Crippen LogP contribution in [0.1, 0.15) is 32.6 Å². The maximum atomic E-state index is 3.76. The minimum Gasteiger partial charge on any atom is -1.00 e. The Kier molecular flexibility index (Phi) is 79.0. The van der Waals surface area contributed by atoms with Gasteiger partial charge in [-0.1, -0.05) is 19.8 Å². The summed E-state index contributed by atoms with van der Waals surface area (Å²) in [4.78, 5) is 0. The molecule has 0 aromatic heterocycles. The molecule has 11 heavy (non-hydrogen) atoms. The SMILES string of the molecule is CCCCCC[NH3+].[Br-].[Br-].[Br-].[Ni+2]. The second kappa shape index (κ2) is 29.7. The van der Waals surface area contributed by atoms with Crippen LogP contribution in [-0.4, -0.2) is 6.54 Å². The van der Waals surface area contributed by atoms with Gasteiger partial charge in [0.1, 0.15) is 0 Å². The fraction of sp³-hybridized carbons (Fsp3) is 1.00. The number of hydrogen-bond acceptors (Lipinski definition) is 0. The van der Waals surface area contributed by atoms with Crippen LogP contribution in [0.25, 0.3) is 0 Å². The molecule has 0 saturated heterocycles. The minimum absolute atomic E-state index is 0. The van der Waals surface area contributed by atoms with Crippen molar-refractivity contribution < 1.29 is 73.2 Å². The van der Waals surface area contributed by atoms with Crippen LogP contribution >= 0.6 is 0 Å². The Hall–Kier alpha value is 1.89. The third-order valence-corrected chi connectivity index (χ3v) is 1.10. The van der Waals surface area contributed by atoms with Gasteiger partial charge in [-0.05, 0) is 12.8 Å². The predicted molar refractivity (Wildman–Crippen MR) is 31.9 cm³/mol. The van der Waals surface area contributed by atoms with Gasteiger partial charge in [-0.15, -0.1) is 0 Å². The predicted octanol–water partition coefficient (Wildman–Crippen LogP) is -8.18. The van der Waals surface area contributed by atoms with Gasteiger partial charge in [0.15, 0.2) is 0 Å². The van der Waals surface area contributed by atoms with E-state index in [0.29, 0.717) is 0 Å². The van der Waals surface area contributed by atoms with Crippen molar-refractivity contribution in [2.24, 2.45) is 0 Å². The topological polar surface area (TPSA) is 27.6 Å². The third kappa shape index (κ3) is 33.5. The Labute approximate surface area is 111 Å². The quantitative estimate of drug-likeness (QED) is 0.359. The average molecular weight is 401 g/mol. The Balaban J connectivity index is -0.0000000300. The molecular weight excluding hydrogens is 384 g/mol. The zero-order valence-corrected chi connectivity index (χ0v) is 12.4. The Morgan fingerprint density at radius 3 is 1.64 bits per heavy atom. The van der Waals surface area contributed by atoms with Crippen LogP contribution < -0.4 is 56.7 Å². The molecule has 0 aliphatic heterocycles. The van der Waals surface area contributed by atoms with E-state index in [2.05, 4.69) is 12.7 Å². The molecule has 0 radical (unpaired) electrons. The van der Waals surface area contributed by atoms with Crippen molar-refractivity contribution in [2.45, 2.75) is 32.6 Å². The van der Waals surface area contributed by atoms with E-state index in [1.54, 1.807) is 0 Å². The summed E-state index contributed by atoms with van der Waals surface area (Å²) in [7, 11) is 0. The van der Waals surface area contributed by atoms with Crippen LogP contribution in [0.4, 0.5) is 0 Å². The van der Waals surface area contributed by atoms with Gasteiger partial charge in [-0.3, -0.25) is 0 Å². The first-order chi connectivity index (χ1) is 3.41. The van der Waals surface area contributed by atoms with Crippen LogP contribution in [-0.2, 0) is 16.5 Å². The molecule has 0 fully saturated rings. The molecule has 0 amide bonds. The first kappa shape index (κ1) is 29.3. The number of unbranched alkanes of at least 4 members (excludes halogenated alkanes) is 3. The molecule has 0 aliphatic carbocycles. The second-order valence-electron chi connectivity index (χ2n) is 1.91. The van der Waals surface area contributed by atoms with Crippen molar-refractivity contribution in [1.82, 2.24) is 0 Å². The van der Waals surface area contributed by atoms with Gasteiger partial charge in [-0.2, -0.15) is 0 Å². The molecule has 3 N–H and O–H groups in total. The summed E-state index contributed by atoms with van der Waals surface area (Å²) in [5, 5.41) is 0. The molecule has 0 rings (SSSR count). The Morgan fingerprint density at radius 2 is 1.36 bits per heavy atom. The number of rotatable bonds is 4. The summed E-state index contributed by atoms with van der Waals surface area (Å²) < 4.78 is 0. The van der Waals surface area contributed by atoms with Gasteiger partial charge in [0, 0.05) is 0 Å². The summed E-state index contributed by atoms with van der Waals surface area (Å²) in [6.07, 6.45) is 5.41. The third-order valence-electron chi connectivity index (χ3n) is 1.10. The van der Waals surface area contributed by atoms with Crippen molar-refractivity contribution >= 4 is 0 Å². The molecule has 5 heteroatoms. The van der Waals surface area contributed by atoms with Crippen molar-refractivity contribution in [2.75, 3.05) is 6.54 Å². The molecule has 0 unspecified atom stereocenters. The van der Waals surface area contributed by atoms with Gasteiger partial charge >= 0.3 is 16.5 Å². The van der Waals surface area contributed by atoms with E-state index in [0.717, 1.165) is 6.54 Å². The maximum Gasteiger partial charge on any atom is 2.00 e. The monoisotopic (exact) mass is 397 g/mol. The fourth-order valence-electron chi connectivity index (χ4n) is 0.604. The number of quaternary nitrogens is 1. The standard InChI is InChI=1S/C6H15N.3BrH.Ni/c1-2-3-4-5-6-7;;;;/h2-7H2,1H3;3*1H;/q;;;;+2/p-2. The second-order valence-corrected chi connectivity index (χ2v) is 1.91. The average Bonchev–Trinajstić information content (AvgIpc) is 1.69. The Morgan fingerprint density at radius 1 is 0.909 bits per heavy atom. The van der Waals surface area contributed by atoms with E-state index in [-0.39, 0.29) is 67.4 Å². The first-order valence-electron chi connectivity index (χ1n) is 3.21. The molecular formula is C6H16Br3NNi. The van der Waals surface area contributed by atoms with Crippen LogP contribution in [0.3, 0.4) is 0 Å². The number of halogens is 3. The van der Waals surface area contributed by atoms with Gasteiger partial charge in [-0.25, -0.2) is 0 Å². The zero-order chi connectivity index (χ0) is 5.54. The summed E-state index contributed by atoms with van der Waals surface area (Å²) >= 11 is 0. The molecule has 0 aliphatic rings. The van der Waals surface area contributed by atoms with E-state index >= 15 is 0 Å². The smallest absolute Gasteiger partial charge is 1.00 e. The van der Waals surface area contributed by atoms with Crippen LogP contribution in [0.5, 0.6) is 0 Å². The molecule has 0 aromatic rings.